The normalized spacial score (nSPS) is 18.2. The van der Waals surface area contributed by atoms with E-state index in [0.29, 0.717) is 0 Å². The maximum absolute atomic E-state index is 7.20. The molecule has 0 aromatic heterocycles. The largest absolute Gasteiger partial charge is 0.344 e. The second-order valence-corrected chi connectivity index (χ2v) is 18.3. The smallest absolute Gasteiger partial charge is 0.0815 e. The number of hydrogen-bond donors (Lipinski definition) is 0. The summed E-state index contributed by atoms with van der Waals surface area (Å²) in [6, 6.07) is 17.7. The van der Waals surface area contributed by atoms with Crippen LogP contribution in [0.2, 0.25) is 0 Å². The molecule has 0 unspecified atom stereocenters. The van der Waals surface area contributed by atoms with Gasteiger partial charge in [-0.15, -0.1) is 6.58 Å². The van der Waals surface area contributed by atoms with E-state index in [0.717, 1.165) is 72.0 Å². The van der Waals surface area contributed by atoms with Gasteiger partial charge in [-0.05, 0) is 78.2 Å². The van der Waals surface area contributed by atoms with E-state index in [4.69, 9.17) is 11.6 Å². The molecular weight excluding hydrogens is 654 g/mol. The Balaban J connectivity index is 0.000000815. The second kappa shape index (κ2) is 18.8. The molecule has 0 atom stereocenters. The molecule has 0 saturated heterocycles. The first-order valence-electron chi connectivity index (χ1n) is 19.7. The topological polar surface area (TPSA) is 3.24 Å². The number of anilines is 1. The monoisotopic (exact) mass is 726 g/mol. The maximum Gasteiger partial charge on any atom is 0.0815 e. The molecule has 0 saturated carbocycles. The molecule has 3 nitrogen and oxygen atoms in total. The number of allylic oxidation sites excluding steroid dienone is 10. The van der Waals surface area contributed by atoms with E-state index < -0.39 is 0 Å². The van der Waals surface area contributed by atoms with Crippen molar-refractivity contribution in [2.75, 3.05) is 66.8 Å². The van der Waals surface area contributed by atoms with Crippen LogP contribution in [0.1, 0.15) is 96.3 Å². The van der Waals surface area contributed by atoms with Crippen molar-refractivity contribution >= 4 is 17.3 Å². The number of para-hydroxylation sites is 1. The lowest BCUT2D eigenvalue weighted by molar-refractivity contribution is -0.870. The van der Waals surface area contributed by atoms with Gasteiger partial charge in [0.05, 0.1) is 55.4 Å². The molecule has 2 aromatic carbocycles. The molecule has 1 aliphatic carbocycles. The van der Waals surface area contributed by atoms with E-state index >= 15 is 0 Å². The van der Waals surface area contributed by atoms with Gasteiger partial charge < -0.3 is 13.9 Å². The first-order valence-corrected chi connectivity index (χ1v) is 20.0. The predicted octanol–water partition coefficient (Wildman–Crippen LogP) is 12.2. The fourth-order valence-electron chi connectivity index (χ4n) is 7.40. The lowest BCUT2D eigenvalue weighted by Crippen LogP contribution is -2.37. The van der Waals surface area contributed by atoms with Crippen LogP contribution >= 0.6 is 11.6 Å². The highest BCUT2D eigenvalue weighted by Gasteiger charge is 2.39. The molecule has 0 fully saturated rings. The van der Waals surface area contributed by atoms with E-state index in [2.05, 4.69) is 174 Å². The lowest BCUT2D eigenvalue weighted by Gasteiger charge is -2.29. The van der Waals surface area contributed by atoms with Crippen LogP contribution in [0.15, 0.2) is 119 Å². The second-order valence-electron chi connectivity index (χ2n) is 17.9. The van der Waals surface area contributed by atoms with Gasteiger partial charge in [0.15, 0.2) is 0 Å². The van der Waals surface area contributed by atoms with Gasteiger partial charge in [0.25, 0.3) is 0 Å². The van der Waals surface area contributed by atoms with Crippen molar-refractivity contribution in [3.8, 4) is 0 Å². The molecule has 4 rings (SSSR count). The van der Waals surface area contributed by atoms with Gasteiger partial charge in [0.1, 0.15) is 0 Å². The molecule has 284 valence electrons. The minimum absolute atomic E-state index is 0.0576. The summed E-state index contributed by atoms with van der Waals surface area (Å²) in [5.41, 5.74) is 10.6. The number of nitrogens with zero attached hydrogens (tertiary/aromatic N) is 3. The van der Waals surface area contributed by atoms with Crippen LogP contribution in [0.5, 0.6) is 0 Å². The molecule has 1 heterocycles. The summed E-state index contributed by atoms with van der Waals surface area (Å²) < 4.78 is 2.02. The first-order chi connectivity index (χ1) is 24.3. The van der Waals surface area contributed by atoms with E-state index in [1.807, 2.05) is 6.08 Å². The standard InChI is InChI=1S/C41H56ClN2.C7H16N/c1-10-11-21-34(40(3,4)35-22-13-12-18-31(35)2)27-25-32-19-16-20-33(39(32)42)26-28-38-41(5,6)36-23-14-15-24-37(36)43(38)29-17-30-44(7,8)9;1-5-6-7-8(2,3)4/h12-15,18,21-28H,10-11,16-17,19-20,29-30H2,1-9H3;5H,1,6-7H2,2-4H3/q2*+1/b27-25+,33-26+,34-21+,38-28+;. The Morgan fingerprint density at radius 1 is 0.904 bits per heavy atom. The number of fused-ring (bicyclic) bond motifs is 1. The van der Waals surface area contributed by atoms with Gasteiger partial charge in [-0.25, -0.2) is 0 Å². The first kappa shape index (κ1) is 43.3. The van der Waals surface area contributed by atoms with Gasteiger partial charge >= 0.3 is 0 Å². The van der Waals surface area contributed by atoms with Crippen LogP contribution in [0, 0.1) is 6.92 Å². The fraction of sp³-hybridized carbons (Fsp3) is 0.500. The summed E-state index contributed by atoms with van der Waals surface area (Å²) >= 11 is 7.20. The van der Waals surface area contributed by atoms with Gasteiger partial charge in [-0.1, -0.05) is 125 Å². The van der Waals surface area contributed by atoms with E-state index in [1.54, 1.807) is 0 Å². The van der Waals surface area contributed by atoms with Crippen LogP contribution in [-0.4, -0.2) is 70.9 Å². The Morgan fingerprint density at radius 3 is 2.17 bits per heavy atom. The minimum atomic E-state index is -0.0831. The Morgan fingerprint density at radius 2 is 1.56 bits per heavy atom. The number of unbranched alkanes of at least 4 members (excludes halogenated alkanes) is 1. The molecule has 2 aliphatic rings. The number of aryl methyl sites for hydroxylation is 1. The van der Waals surface area contributed by atoms with Crippen LogP contribution in [0.25, 0.3) is 0 Å². The average Bonchev–Trinajstić information content (AvgIpc) is 3.28. The Bertz CT molecular complexity index is 1650. The van der Waals surface area contributed by atoms with Crippen molar-refractivity contribution in [1.82, 2.24) is 0 Å². The third kappa shape index (κ3) is 12.0. The average molecular weight is 727 g/mol. The van der Waals surface area contributed by atoms with Crippen LogP contribution in [-0.2, 0) is 10.8 Å². The number of halogens is 1. The van der Waals surface area contributed by atoms with Crippen molar-refractivity contribution in [1.29, 1.82) is 0 Å². The van der Waals surface area contributed by atoms with Gasteiger partial charge in [-0.3, -0.25) is 0 Å². The highest BCUT2D eigenvalue weighted by atomic mass is 35.5. The van der Waals surface area contributed by atoms with Crippen molar-refractivity contribution in [3.63, 3.8) is 0 Å². The zero-order valence-corrected chi connectivity index (χ0v) is 35.8. The van der Waals surface area contributed by atoms with Gasteiger partial charge in [0.2, 0.25) is 0 Å². The van der Waals surface area contributed by atoms with Crippen molar-refractivity contribution in [3.05, 3.63) is 136 Å². The number of quaternary nitrogens is 2. The lowest BCUT2D eigenvalue weighted by atomic mass is 9.75. The summed E-state index contributed by atoms with van der Waals surface area (Å²) in [4.78, 5) is 2.56. The summed E-state index contributed by atoms with van der Waals surface area (Å²) in [5, 5.41) is 0.929. The molecule has 52 heavy (non-hydrogen) atoms. The molecule has 2 aromatic rings. The zero-order valence-electron chi connectivity index (χ0n) is 35.1. The number of hydrogen-bond acceptors (Lipinski definition) is 1. The minimum Gasteiger partial charge on any atom is -0.344 e. The van der Waals surface area contributed by atoms with Crippen molar-refractivity contribution in [2.45, 2.75) is 97.3 Å². The summed E-state index contributed by atoms with van der Waals surface area (Å²) in [6.45, 7) is 20.9. The van der Waals surface area contributed by atoms with Gasteiger partial charge in [0, 0.05) is 46.6 Å². The Labute approximate surface area is 324 Å². The highest BCUT2D eigenvalue weighted by molar-refractivity contribution is 6.32. The third-order valence-corrected chi connectivity index (χ3v) is 11.1. The maximum atomic E-state index is 7.20. The highest BCUT2D eigenvalue weighted by Crippen LogP contribution is 2.48. The number of benzene rings is 2. The van der Waals surface area contributed by atoms with E-state index in [1.165, 1.54) is 51.3 Å². The number of rotatable bonds is 14. The molecule has 4 heteroatoms. The molecule has 0 N–H and O–H groups in total. The van der Waals surface area contributed by atoms with Gasteiger partial charge in [-0.2, -0.15) is 0 Å². The molecular formula is C48H72ClN3+2. The Hall–Kier alpha value is -3.11. The molecule has 0 bridgehead atoms. The van der Waals surface area contributed by atoms with Crippen LogP contribution < -0.4 is 4.90 Å². The third-order valence-electron chi connectivity index (χ3n) is 10.6. The van der Waals surface area contributed by atoms with Crippen LogP contribution in [0.4, 0.5) is 5.69 Å². The van der Waals surface area contributed by atoms with Crippen molar-refractivity contribution < 1.29 is 8.97 Å². The summed E-state index contributed by atoms with van der Waals surface area (Å²) in [7, 11) is 13.4. The van der Waals surface area contributed by atoms with Crippen molar-refractivity contribution in [2.24, 2.45) is 0 Å². The summed E-state index contributed by atoms with van der Waals surface area (Å²) in [5.74, 6) is 0. The van der Waals surface area contributed by atoms with E-state index in [-0.39, 0.29) is 10.8 Å². The zero-order chi connectivity index (χ0) is 38.7. The summed E-state index contributed by atoms with van der Waals surface area (Å²) in [6.07, 6.45) is 21.3. The predicted molar refractivity (Wildman–Crippen MR) is 231 cm³/mol. The molecule has 0 spiro atoms. The Kier molecular flexibility index (Phi) is 15.6. The molecule has 1 aliphatic heterocycles. The molecule has 0 amide bonds. The molecule has 0 radical (unpaired) electrons. The fourth-order valence-corrected chi connectivity index (χ4v) is 7.72. The quantitative estimate of drug-likeness (QED) is 0.106. The van der Waals surface area contributed by atoms with E-state index in [9.17, 15) is 0 Å². The SMILES string of the molecule is C=CCC[N+](C)(C)C.CCC/C=C(\C=C\C1=C(Cl)C(=C/C=C2/N(CCC[N+](C)(C)C)c3ccccc3C2(C)C)/CCC1)C(C)(C)c1ccccc1C. The van der Waals surface area contributed by atoms with Crippen LogP contribution in [0.3, 0.4) is 0 Å².